The fraction of sp³-hybridized carbons (Fsp3) is 0.571. The first-order chi connectivity index (χ1) is 13.6. The third-order valence-corrected chi connectivity index (χ3v) is 6.18. The van der Waals surface area contributed by atoms with E-state index in [1.807, 2.05) is 23.1 Å². The first-order valence-electron chi connectivity index (χ1n) is 10.2. The molecule has 3 aliphatic rings. The van der Waals surface area contributed by atoms with Crippen LogP contribution in [0.4, 0.5) is 4.79 Å². The average molecular weight is 385 g/mol. The molecule has 1 unspecified atom stereocenters. The monoisotopic (exact) mass is 385 g/mol. The van der Waals surface area contributed by atoms with Gasteiger partial charge in [0, 0.05) is 19.6 Å². The lowest BCUT2D eigenvalue weighted by molar-refractivity contribution is -0.155. The molecule has 3 heterocycles. The molecule has 7 nitrogen and oxygen atoms in total. The van der Waals surface area contributed by atoms with Crippen molar-refractivity contribution in [3.8, 4) is 0 Å². The second-order valence-corrected chi connectivity index (χ2v) is 7.85. The maximum atomic E-state index is 13.4. The SMILES string of the molecule is O=C1OCCN1CC(=O)N1CCCC12CCCN(CCc1ccccc1)C2=O. The highest BCUT2D eigenvalue weighted by atomic mass is 16.6. The van der Waals surface area contributed by atoms with Crippen LogP contribution >= 0.6 is 0 Å². The lowest BCUT2D eigenvalue weighted by atomic mass is 9.85. The Balaban J connectivity index is 1.44. The molecule has 1 aromatic rings. The van der Waals surface area contributed by atoms with E-state index in [-0.39, 0.29) is 18.4 Å². The molecule has 4 rings (SSSR count). The van der Waals surface area contributed by atoms with Gasteiger partial charge in [0.2, 0.25) is 11.8 Å². The van der Waals surface area contributed by atoms with Gasteiger partial charge in [-0.3, -0.25) is 14.5 Å². The zero-order chi connectivity index (χ0) is 19.6. The first-order valence-corrected chi connectivity index (χ1v) is 10.2. The molecule has 3 fully saturated rings. The van der Waals surface area contributed by atoms with Gasteiger partial charge in [-0.2, -0.15) is 0 Å². The van der Waals surface area contributed by atoms with Crippen LogP contribution in [0.2, 0.25) is 0 Å². The minimum Gasteiger partial charge on any atom is -0.448 e. The number of cyclic esters (lactones) is 1. The number of nitrogens with zero attached hydrogens (tertiary/aromatic N) is 3. The predicted octanol–water partition coefficient (Wildman–Crippen LogP) is 1.66. The lowest BCUT2D eigenvalue weighted by Crippen LogP contribution is -2.62. The van der Waals surface area contributed by atoms with E-state index in [1.165, 1.54) is 10.5 Å². The number of likely N-dealkylation sites (tertiary alicyclic amines) is 2. The van der Waals surface area contributed by atoms with E-state index in [2.05, 4.69) is 12.1 Å². The fourth-order valence-electron chi connectivity index (χ4n) is 4.73. The van der Waals surface area contributed by atoms with Crippen LogP contribution in [0.5, 0.6) is 0 Å². The van der Waals surface area contributed by atoms with Crippen LogP contribution in [0.3, 0.4) is 0 Å². The molecule has 7 heteroatoms. The Morgan fingerprint density at radius 3 is 2.46 bits per heavy atom. The van der Waals surface area contributed by atoms with Gasteiger partial charge in [-0.25, -0.2) is 4.79 Å². The molecule has 150 valence electrons. The molecule has 3 saturated heterocycles. The minimum atomic E-state index is -0.727. The van der Waals surface area contributed by atoms with Gasteiger partial charge >= 0.3 is 6.09 Å². The molecule has 0 aromatic heterocycles. The predicted molar refractivity (Wildman–Crippen MR) is 103 cm³/mol. The Morgan fingerprint density at radius 2 is 1.75 bits per heavy atom. The number of benzene rings is 1. The van der Waals surface area contributed by atoms with Crippen molar-refractivity contribution in [2.24, 2.45) is 0 Å². The molecule has 28 heavy (non-hydrogen) atoms. The molecule has 1 atom stereocenters. The van der Waals surface area contributed by atoms with Gasteiger partial charge in [-0.1, -0.05) is 30.3 Å². The standard InChI is InChI=1S/C21H27N3O4/c25-18(16-23-14-15-28-20(23)27)24-12-5-10-21(24)9-4-11-22(19(21)26)13-8-17-6-2-1-3-7-17/h1-3,6-7H,4-5,8-16H2. The van der Waals surface area contributed by atoms with Crippen LogP contribution in [0.25, 0.3) is 0 Å². The second-order valence-electron chi connectivity index (χ2n) is 7.85. The number of hydrogen-bond donors (Lipinski definition) is 0. The second kappa shape index (κ2) is 7.81. The smallest absolute Gasteiger partial charge is 0.410 e. The summed E-state index contributed by atoms with van der Waals surface area (Å²) >= 11 is 0. The van der Waals surface area contributed by atoms with Gasteiger partial charge < -0.3 is 14.5 Å². The number of piperidine rings is 1. The third-order valence-electron chi connectivity index (χ3n) is 6.18. The molecule has 1 aromatic carbocycles. The van der Waals surface area contributed by atoms with Crippen molar-refractivity contribution in [3.63, 3.8) is 0 Å². The van der Waals surface area contributed by atoms with E-state index in [9.17, 15) is 14.4 Å². The van der Waals surface area contributed by atoms with Gasteiger partial charge in [0.1, 0.15) is 18.7 Å². The van der Waals surface area contributed by atoms with E-state index in [0.717, 1.165) is 25.8 Å². The topological polar surface area (TPSA) is 70.2 Å². The van der Waals surface area contributed by atoms with Crippen molar-refractivity contribution >= 4 is 17.9 Å². The van der Waals surface area contributed by atoms with Crippen molar-refractivity contribution in [2.45, 2.75) is 37.6 Å². The molecule has 1 spiro atoms. The van der Waals surface area contributed by atoms with E-state index >= 15 is 0 Å². The average Bonchev–Trinajstić information content (AvgIpc) is 3.31. The van der Waals surface area contributed by atoms with Crippen molar-refractivity contribution in [1.29, 1.82) is 0 Å². The van der Waals surface area contributed by atoms with Crippen LogP contribution in [0.15, 0.2) is 30.3 Å². The highest BCUT2D eigenvalue weighted by Gasteiger charge is 2.52. The van der Waals surface area contributed by atoms with Gasteiger partial charge in [0.25, 0.3) is 0 Å². The van der Waals surface area contributed by atoms with Crippen LogP contribution in [0, 0.1) is 0 Å². The summed E-state index contributed by atoms with van der Waals surface area (Å²) in [7, 11) is 0. The van der Waals surface area contributed by atoms with Crippen LogP contribution in [0.1, 0.15) is 31.2 Å². The van der Waals surface area contributed by atoms with Crippen molar-refractivity contribution in [2.75, 3.05) is 39.3 Å². The summed E-state index contributed by atoms with van der Waals surface area (Å²) < 4.78 is 4.92. The normalized spacial score (nSPS) is 24.9. The van der Waals surface area contributed by atoms with Crippen LogP contribution in [-0.2, 0) is 20.7 Å². The van der Waals surface area contributed by atoms with Crippen LogP contribution < -0.4 is 0 Å². The summed E-state index contributed by atoms with van der Waals surface area (Å²) in [5.74, 6) is -0.0702. The fourth-order valence-corrected chi connectivity index (χ4v) is 4.73. The van der Waals surface area contributed by atoms with E-state index in [1.54, 1.807) is 4.90 Å². The molecular weight excluding hydrogens is 358 g/mol. The molecular formula is C21H27N3O4. The minimum absolute atomic E-state index is 0.00210. The molecule has 0 aliphatic carbocycles. The zero-order valence-electron chi connectivity index (χ0n) is 16.1. The summed E-state index contributed by atoms with van der Waals surface area (Å²) in [5, 5.41) is 0. The highest BCUT2D eigenvalue weighted by Crippen LogP contribution is 2.38. The summed E-state index contributed by atoms with van der Waals surface area (Å²) in [6.07, 6.45) is 3.52. The third kappa shape index (κ3) is 3.45. The van der Waals surface area contributed by atoms with E-state index in [4.69, 9.17) is 4.74 Å². The summed E-state index contributed by atoms with van der Waals surface area (Å²) in [5.41, 5.74) is 0.483. The Hall–Kier alpha value is -2.57. The maximum Gasteiger partial charge on any atom is 0.410 e. The van der Waals surface area contributed by atoms with Gasteiger partial charge in [-0.05, 0) is 37.7 Å². The zero-order valence-corrected chi connectivity index (χ0v) is 16.1. The number of hydrogen-bond acceptors (Lipinski definition) is 4. The van der Waals surface area contributed by atoms with Crippen molar-refractivity contribution < 1.29 is 19.1 Å². The summed E-state index contributed by atoms with van der Waals surface area (Å²) in [4.78, 5) is 43.2. The maximum absolute atomic E-state index is 13.4. The number of carbonyl (C=O) groups is 3. The highest BCUT2D eigenvalue weighted by molar-refractivity contribution is 5.94. The molecule has 0 radical (unpaired) electrons. The summed E-state index contributed by atoms with van der Waals surface area (Å²) in [6, 6.07) is 10.2. The Morgan fingerprint density at radius 1 is 1.00 bits per heavy atom. The van der Waals surface area contributed by atoms with Gasteiger partial charge in [-0.15, -0.1) is 0 Å². The lowest BCUT2D eigenvalue weighted by Gasteiger charge is -2.45. The number of ether oxygens (including phenoxy) is 1. The van der Waals surface area contributed by atoms with E-state index < -0.39 is 11.6 Å². The Kier molecular flexibility index (Phi) is 5.24. The van der Waals surface area contributed by atoms with Crippen LogP contribution in [-0.4, -0.2) is 77.5 Å². The molecule has 0 bridgehead atoms. The molecule has 0 N–H and O–H groups in total. The molecule has 3 aliphatic heterocycles. The summed E-state index contributed by atoms with van der Waals surface area (Å²) in [6.45, 7) is 2.75. The van der Waals surface area contributed by atoms with Gasteiger partial charge in [0.15, 0.2) is 0 Å². The number of rotatable bonds is 5. The van der Waals surface area contributed by atoms with E-state index in [0.29, 0.717) is 39.1 Å². The van der Waals surface area contributed by atoms with Crippen molar-refractivity contribution in [3.05, 3.63) is 35.9 Å². The molecule has 0 saturated carbocycles. The Bertz CT molecular complexity index is 753. The number of amides is 3. The quantitative estimate of drug-likeness (QED) is 0.773. The largest absolute Gasteiger partial charge is 0.448 e. The van der Waals surface area contributed by atoms with Crippen molar-refractivity contribution in [1.82, 2.24) is 14.7 Å². The Labute approximate surface area is 165 Å². The van der Waals surface area contributed by atoms with Gasteiger partial charge in [0.05, 0.1) is 6.54 Å². The molecule has 3 amide bonds. The number of carbonyl (C=O) groups excluding carboxylic acids is 3. The first kappa shape index (κ1) is 18.8.